The molecule has 0 fully saturated rings. The number of aromatic nitrogens is 1. The van der Waals surface area contributed by atoms with E-state index in [9.17, 15) is 23.7 Å². The molecule has 0 radical (unpaired) electrons. The van der Waals surface area contributed by atoms with Gasteiger partial charge in [-0.3, -0.25) is 19.9 Å². The van der Waals surface area contributed by atoms with Gasteiger partial charge in [0.25, 0.3) is 12.1 Å². The van der Waals surface area contributed by atoms with Crippen molar-refractivity contribution in [1.29, 1.82) is 0 Å². The molecule has 1 rings (SSSR count). The molecule has 0 aliphatic carbocycles. The SMILES string of the molecule is COC(=O)Cc1c([N+](=O)[O-])cc(C(F)F)nc1C. The first-order valence-corrected chi connectivity index (χ1v) is 4.86. The van der Waals surface area contributed by atoms with Crippen molar-refractivity contribution in [1.82, 2.24) is 4.98 Å². The molecule has 0 aliphatic rings. The van der Waals surface area contributed by atoms with Crippen LogP contribution < -0.4 is 0 Å². The second-order valence-corrected chi connectivity index (χ2v) is 3.44. The van der Waals surface area contributed by atoms with E-state index in [1.54, 1.807) is 0 Å². The van der Waals surface area contributed by atoms with Gasteiger partial charge in [0.1, 0.15) is 5.69 Å². The molecular weight excluding hydrogens is 250 g/mol. The largest absolute Gasteiger partial charge is 0.469 e. The van der Waals surface area contributed by atoms with Crippen molar-refractivity contribution < 1.29 is 23.2 Å². The van der Waals surface area contributed by atoms with Gasteiger partial charge in [0.05, 0.1) is 24.0 Å². The fourth-order valence-electron chi connectivity index (χ4n) is 1.42. The molecular formula is C10H10F2N2O4. The van der Waals surface area contributed by atoms with Crippen LogP contribution in [0.15, 0.2) is 6.07 Å². The second kappa shape index (κ2) is 5.48. The number of ether oxygens (including phenoxy) is 1. The van der Waals surface area contributed by atoms with Crippen LogP contribution in [-0.2, 0) is 16.0 Å². The lowest BCUT2D eigenvalue weighted by Crippen LogP contribution is -2.10. The highest BCUT2D eigenvalue weighted by atomic mass is 19.3. The molecule has 1 aromatic rings. The summed E-state index contributed by atoms with van der Waals surface area (Å²) in [6, 6.07) is 0.677. The second-order valence-electron chi connectivity index (χ2n) is 3.44. The molecule has 18 heavy (non-hydrogen) atoms. The van der Waals surface area contributed by atoms with Crippen molar-refractivity contribution in [2.75, 3.05) is 7.11 Å². The average Bonchev–Trinajstić information content (AvgIpc) is 2.30. The van der Waals surface area contributed by atoms with Crippen LogP contribution in [0.4, 0.5) is 14.5 Å². The standard InChI is InChI=1S/C10H10F2N2O4/c1-5-6(3-9(15)18-2)8(14(16)17)4-7(13-5)10(11)12/h4,10H,3H2,1-2H3. The van der Waals surface area contributed by atoms with Crippen molar-refractivity contribution in [3.63, 3.8) is 0 Å². The van der Waals surface area contributed by atoms with Crippen LogP contribution in [0.2, 0.25) is 0 Å². The summed E-state index contributed by atoms with van der Waals surface area (Å²) in [4.78, 5) is 24.6. The van der Waals surface area contributed by atoms with Crippen LogP contribution in [0, 0.1) is 17.0 Å². The zero-order valence-corrected chi connectivity index (χ0v) is 9.65. The normalized spacial score (nSPS) is 10.5. The summed E-state index contributed by atoms with van der Waals surface area (Å²) in [6.45, 7) is 1.33. The minimum absolute atomic E-state index is 0.0174. The van der Waals surface area contributed by atoms with E-state index in [4.69, 9.17) is 0 Å². The van der Waals surface area contributed by atoms with Crippen molar-refractivity contribution >= 4 is 11.7 Å². The summed E-state index contributed by atoms with van der Waals surface area (Å²) in [5.74, 6) is -0.701. The van der Waals surface area contributed by atoms with Crippen LogP contribution >= 0.6 is 0 Å². The molecule has 1 aromatic heterocycles. The Morgan fingerprint density at radius 3 is 2.67 bits per heavy atom. The first kappa shape index (κ1) is 13.9. The Hall–Kier alpha value is -2.12. The van der Waals surface area contributed by atoms with E-state index in [0.29, 0.717) is 6.07 Å². The molecule has 0 spiro atoms. The Bertz CT molecular complexity index is 491. The number of hydrogen-bond acceptors (Lipinski definition) is 5. The number of pyridine rings is 1. The van der Waals surface area contributed by atoms with Crippen LogP contribution in [-0.4, -0.2) is 23.0 Å². The molecule has 0 bridgehead atoms. The predicted molar refractivity (Wildman–Crippen MR) is 56.3 cm³/mol. The van der Waals surface area contributed by atoms with Crippen LogP contribution in [0.3, 0.4) is 0 Å². The third-order valence-electron chi connectivity index (χ3n) is 2.30. The number of nitro groups is 1. The summed E-state index contributed by atoms with van der Waals surface area (Å²) in [5, 5.41) is 10.8. The van der Waals surface area contributed by atoms with Gasteiger partial charge < -0.3 is 4.74 Å². The Kier molecular flexibility index (Phi) is 4.24. The summed E-state index contributed by atoms with van der Waals surface area (Å²) < 4.78 is 29.3. The molecule has 0 saturated heterocycles. The van der Waals surface area contributed by atoms with E-state index in [0.717, 1.165) is 7.11 Å². The number of carbonyl (C=O) groups excluding carboxylic acids is 1. The molecule has 0 aliphatic heterocycles. The maximum atomic E-state index is 12.5. The quantitative estimate of drug-likeness (QED) is 0.469. The smallest absolute Gasteiger partial charge is 0.310 e. The van der Waals surface area contributed by atoms with E-state index in [1.165, 1.54) is 6.92 Å². The van der Waals surface area contributed by atoms with Gasteiger partial charge in [0, 0.05) is 11.8 Å². The fraction of sp³-hybridized carbons (Fsp3) is 0.400. The van der Waals surface area contributed by atoms with Gasteiger partial charge in [-0.25, -0.2) is 8.78 Å². The highest BCUT2D eigenvalue weighted by Crippen LogP contribution is 2.27. The maximum absolute atomic E-state index is 12.5. The molecule has 0 amide bonds. The number of carbonyl (C=O) groups is 1. The zero-order valence-electron chi connectivity index (χ0n) is 9.65. The molecule has 0 N–H and O–H groups in total. The van der Waals surface area contributed by atoms with Gasteiger partial charge in [0.2, 0.25) is 0 Å². The monoisotopic (exact) mass is 260 g/mol. The van der Waals surface area contributed by atoms with Crippen LogP contribution in [0.1, 0.15) is 23.4 Å². The first-order chi connectivity index (χ1) is 8.36. The highest BCUT2D eigenvalue weighted by Gasteiger charge is 2.24. The summed E-state index contributed by atoms with van der Waals surface area (Å²) >= 11 is 0. The van der Waals surface area contributed by atoms with Crippen molar-refractivity contribution in [2.24, 2.45) is 0 Å². The first-order valence-electron chi connectivity index (χ1n) is 4.86. The minimum atomic E-state index is -2.91. The fourth-order valence-corrected chi connectivity index (χ4v) is 1.42. The molecule has 0 unspecified atom stereocenters. The average molecular weight is 260 g/mol. The number of halogens is 2. The minimum Gasteiger partial charge on any atom is -0.469 e. The van der Waals surface area contributed by atoms with Gasteiger partial charge in [-0.15, -0.1) is 0 Å². The third kappa shape index (κ3) is 2.96. The Balaban J connectivity index is 3.31. The van der Waals surface area contributed by atoms with Gasteiger partial charge >= 0.3 is 5.97 Å². The summed E-state index contributed by atoms with van der Waals surface area (Å²) in [5.41, 5.74) is -1.24. The van der Waals surface area contributed by atoms with Crippen molar-refractivity contribution in [2.45, 2.75) is 19.8 Å². The predicted octanol–water partition coefficient (Wildman–Crippen LogP) is 1.95. The van der Waals surface area contributed by atoms with E-state index in [-0.39, 0.29) is 17.7 Å². The number of rotatable bonds is 4. The Morgan fingerprint density at radius 1 is 1.61 bits per heavy atom. The van der Waals surface area contributed by atoms with E-state index in [2.05, 4.69) is 9.72 Å². The number of esters is 1. The Labute approximate surface area is 101 Å². The van der Waals surface area contributed by atoms with E-state index >= 15 is 0 Å². The van der Waals surface area contributed by atoms with Crippen LogP contribution in [0.25, 0.3) is 0 Å². The van der Waals surface area contributed by atoms with Crippen molar-refractivity contribution in [3.05, 3.63) is 33.1 Å². The maximum Gasteiger partial charge on any atom is 0.310 e. The topological polar surface area (TPSA) is 82.3 Å². The van der Waals surface area contributed by atoms with Crippen molar-refractivity contribution in [3.8, 4) is 0 Å². The number of methoxy groups -OCH3 is 1. The molecule has 1 heterocycles. The highest BCUT2D eigenvalue weighted by molar-refractivity contribution is 5.74. The molecule has 8 heteroatoms. The van der Waals surface area contributed by atoms with Crippen LogP contribution in [0.5, 0.6) is 0 Å². The lowest BCUT2D eigenvalue weighted by Gasteiger charge is -2.07. The van der Waals surface area contributed by atoms with Gasteiger partial charge in [-0.2, -0.15) is 0 Å². The molecule has 0 saturated carbocycles. The summed E-state index contributed by atoms with van der Waals surface area (Å²) in [7, 11) is 1.13. The number of alkyl halides is 2. The molecule has 0 atom stereocenters. The molecule has 0 aromatic carbocycles. The van der Waals surface area contributed by atoms with Gasteiger partial charge in [-0.1, -0.05) is 0 Å². The van der Waals surface area contributed by atoms with Gasteiger partial charge in [0.15, 0.2) is 0 Å². The van der Waals surface area contributed by atoms with E-state index < -0.39 is 28.7 Å². The number of hydrogen-bond donors (Lipinski definition) is 0. The molecule has 98 valence electrons. The summed E-state index contributed by atoms with van der Waals surface area (Å²) in [6.07, 6.45) is -3.29. The van der Waals surface area contributed by atoms with Gasteiger partial charge in [-0.05, 0) is 6.92 Å². The Morgan fingerprint density at radius 2 is 2.22 bits per heavy atom. The number of aryl methyl sites for hydroxylation is 1. The molecule has 6 nitrogen and oxygen atoms in total. The number of nitrogens with zero attached hydrogens (tertiary/aromatic N) is 2. The zero-order chi connectivity index (χ0) is 13.9. The lowest BCUT2D eigenvalue weighted by molar-refractivity contribution is -0.385. The lowest BCUT2D eigenvalue weighted by atomic mass is 10.1. The third-order valence-corrected chi connectivity index (χ3v) is 2.30. The van der Waals surface area contributed by atoms with E-state index in [1.807, 2.05) is 0 Å².